The smallest absolute Gasteiger partial charge is 0.146 e. The number of aromatic nitrogens is 1. The average Bonchev–Trinajstić information content (AvgIpc) is 2.77. The molecule has 0 spiro atoms. The number of rotatable bonds is 3. The minimum atomic E-state index is -0.395. The molecule has 1 atom stereocenters. The van der Waals surface area contributed by atoms with E-state index in [9.17, 15) is 4.39 Å². The Labute approximate surface area is 97.9 Å². The Morgan fingerprint density at radius 2 is 2.25 bits per heavy atom. The molecule has 0 aliphatic heterocycles. The molecular weight excluding hydrogens is 223 g/mol. The first-order chi connectivity index (χ1) is 7.72. The lowest BCUT2D eigenvalue weighted by Gasteiger charge is -2.10. The van der Waals surface area contributed by atoms with Gasteiger partial charge < -0.3 is 5.73 Å². The van der Waals surface area contributed by atoms with E-state index in [2.05, 4.69) is 11.9 Å². The van der Waals surface area contributed by atoms with Crippen LogP contribution in [-0.2, 0) is 6.42 Å². The van der Waals surface area contributed by atoms with Crippen LogP contribution in [0, 0.1) is 5.82 Å². The van der Waals surface area contributed by atoms with Crippen molar-refractivity contribution in [2.24, 2.45) is 5.73 Å². The van der Waals surface area contributed by atoms with E-state index < -0.39 is 6.04 Å². The predicted octanol–water partition coefficient (Wildman–Crippen LogP) is 2.89. The summed E-state index contributed by atoms with van der Waals surface area (Å²) in [5.74, 6) is -0.346. The molecule has 2 nitrogen and oxygen atoms in total. The third kappa shape index (κ3) is 2.13. The van der Waals surface area contributed by atoms with E-state index in [1.165, 1.54) is 11.1 Å². The van der Waals surface area contributed by atoms with Crippen LogP contribution in [0.15, 0.2) is 30.6 Å². The normalized spacial score (nSPS) is 12.7. The molecule has 0 saturated carbocycles. The van der Waals surface area contributed by atoms with E-state index >= 15 is 0 Å². The van der Waals surface area contributed by atoms with Gasteiger partial charge in [-0.25, -0.2) is 4.39 Å². The van der Waals surface area contributed by atoms with E-state index in [4.69, 9.17) is 5.73 Å². The maximum atomic E-state index is 13.5. The Kier molecular flexibility index (Phi) is 3.31. The minimum Gasteiger partial charge on any atom is -0.320 e. The third-order valence-electron chi connectivity index (χ3n) is 2.48. The summed E-state index contributed by atoms with van der Waals surface area (Å²) in [6.45, 7) is 2.09. The maximum absolute atomic E-state index is 13.5. The molecule has 2 N–H and O–H groups in total. The molecular formula is C12H13FN2S. The lowest BCUT2D eigenvalue weighted by molar-refractivity contribution is 0.594. The number of hydrogen-bond acceptors (Lipinski definition) is 3. The molecule has 2 aromatic rings. The van der Waals surface area contributed by atoms with Gasteiger partial charge in [0.05, 0.1) is 12.2 Å². The molecule has 4 heteroatoms. The Bertz CT molecular complexity index is 481. The van der Waals surface area contributed by atoms with E-state index in [1.54, 1.807) is 23.6 Å². The maximum Gasteiger partial charge on any atom is 0.146 e. The predicted molar refractivity (Wildman–Crippen MR) is 63.9 cm³/mol. The summed E-state index contributed by atoms with van der Waals surface area (Å²) in [6, 6.07) is 5.24. The van der Waals surface area contributed by atoms with Crippen LogP contribution < -0.4 is 5.73 Å². The van der Waals surface area contributed by atoms with Crippen molar-refractivity contribution in [2.45, 2.75) is 19.4 Å². The van der Waals surface area contributed by atoms with Crippen LogP contribution in [0.4, 0.5) is 4.39 Å². The zero-order valence-electron chi connectivity index (χ0n) is 8.98. The molecule has 16 heavy (non-hydrogen) atoms. The fourth-order valence-corrected chi connectivity index (χ4v) is 2.52. The molecule has 0 bridgehead atoms. The summed E-state index contributed by atoms with van der Waals surface area (Å²) in [5.41, 5.74) is 6.53. The van der Waals surface area contributed by atoms with Crippen molar-refractivity contribution in [3.05, 3.63) is 51.7 Å². The highest BCUT2D eigenvalue weighted by atomic mass is 32.1. The fourth-order valence-electron chi connectivity index (χ4n) is 1.54. The molecule has 2 aromatic heterocycles. The summed E-state index contributed by atoms with van der Waals surface area (Å²) in [7, 11) is 0. The SMILES string of the molecule is CCc1ccc(C(N)c2ccncc2F)s1. The van der Waals surface area contributed by atoms with Gasteiger partial charge in [-0.15, -0.1) is 11.3 Å². The first-order valence-corrected chi connectivity index (χ1v) is 5.97. The van der Waals surface area contributed by atoms with E-state index in [0.29, 0.717) is 5.56 Å². The summed E-state index contributed by atoms with van der Waals surface area (Å²) in [6.07, 6.45) is 3.74. The molecule has 1 unspecified atom stereocenters. The average molecular weight is 236 g/mol. The Hall–Kier alpha value is -1.26. The van der Waals surface area contributed by atoms with Crippen molar-refractivity contribution in [3.8, 4) is 0 Å². The molecule has 0 fully saturated rings. The molecule has 2 heterocycles. The van der Waals surface area contributed by atoms with Gasteiger partial charge in [-0.2, -0.15) is 0 Å². The van der Waals surface area contributed by atoms with Crippen LogP contribution in [-0.4, -0.2) is 4.98 Å². The van der Waals surface area contributed by atoms with Gasteiger partial charge in [-0.3, -0.25) is 4.98 Å². The van der Waals surface area contributed by atoms with Crippen LogP contribution in [0.1, 0.15) is 28.3 Å². The Morgan fingerprint density at radius 1 is 1.44 bits per heavy atom. The topological polar surface area (TPSA) is 38.9 Å². The van der Waals surface area contributed by atoms with Crippen LogP contribution in [0.25, 0.3) is 0 Å². The first-order valence-electron chi connectivity index (χ1n) is 5.16. The van der Waals surface area contributed by atoms with Crippen LogP contribution >= 0.6 is 11.3 Å². The highest BCUT2D eigenvalue weighted by Gasteiger charge is 2.15. The van der Waals surface area contributed by atoms with Crippen molar-refractivity contribution in [3.63, 3.8) is 0 Å². The van der Waals surface area contributed by atoms with Gasteiger partial charge in [0, 0.05) is 21.5 Å². The standard InChI is InChI=1S/C12H13FN2S/c1-2-8-3-4-11(16-8)12(14)9-5-6-15-7-10(9)13/h3-7,12H,2,14H2,1H3. The summed E-state index contributed by atoms with van der Waals surface area (Å²) < 4.78 is 13.5. The number of pyridine rings is 1. The second-order valence-corrected chi connectivity index (χ2v) is 4.73. The molecule has 0 aliphatic rings. The number of nitrogens with two attached hydrogens (primary N) is 1. The number of hydrogen-bond donors (Lipinski definition) is 1. The van der Waals surface area contributed by atoms with Gasteiger partial charge in [0.25, 0.3) is 0 Å². The van der Waals surface area contributed by atoms with E-state index in [-0.39, 0.29) is 5.82 Å². The van der Waals surface area contributed by atoms with E-state index in [1.807, 2.05) is 12.1 Å². The highest BCUT2D eigenvalue weighted by Crippen LogP contribution is 2.27. The second kappa shape index (κ2) is 4.72. The lowest BCUT2D eigenvalue weighted by atomic mass is 10.1. The lowest BCUT2D eigenvalue weighted by Crippen LogP contribution is -2.12. The number of aryl methyl sites for hydroxylation is 1. The molecule has 0 amide bonds. The van der Waals surface area contributed by atoms with Gasteiger partial charge in [0.15, 0.2) is 0 Å². The van der Waals surface area contributed by atoms with Crippen molar-refractivity contribution < 1.29 is 4.39 Å². The first kappa shape index (κ1) is 11.2. The summed E-state index contributed by atoms with van der Waals surface area (Å²) in [4.78, 5) is 5.97. The molecule has 0 aromatic carbocycles. The quantitative estimate of drug-likeness (QED) is 0.890. The zero-order chi connectivity index (χ0) is 11.5. The van der Waals surface area contributed by atoms with Crippen molar-refractivity contribution in [1.82, 2.24) is 4.98 Å². The summed E-state index contributed by atoms with van der Waals surface area (Å²) >= 11 is 1.63. The van der Waals surface area contributed by atoms with Gasteiger partial charge in [0.1, 0.15) is 5.82 Å². The van der Waals surface area contributed by atoms with Gasteiger partial charge in [-0.05, 0) is 24.6 Å². The second-order valence-electron chi connectivity index (χ2n) is 3.53. The number of halogens is 1. The molecule has 2 rings (SSSR count). The molecule has 0 radical (unpaired) electrons. The number of nitrogens with zero attached hydrogens (tertiary/aromatic N) is 1. The van der Waals surface area contributed by atoms with E-state index in [0.717, 1.165) is 11.3 Å². The van der Waals surface area contributed by atoms with Crippen molar-refractivity contribution in [2.75, 3.05) is 0 Å². The zero-order valence-corrected chi connectivity index (χ0v) is 9.80. The monoisotopic (exact) mass is 236 g/mol. The van der Waals surface area contributed by atoms with Gasteiger partial charge in [0.2, 0.25) is 0 Å². The summed E-state index contributed by atoms with van der Waals surface area (Å²) in [5, 5.41) is 0. The fraction of sp³-hybridized carbons (Fsp3) is 0.250. The highest BCUT2D eigenvalue weighted by molar-refractivity contribution is 7.12. The number of thiophene rings is 1. The van der Waals surface area contributed by atoms with Crippen molar-refractivity contribution in [1.29, 1.82) is 0 Å². The van der Waals surface area contributed by atoms with Gasteiger partial charge >= 0.3 is 0 Å². The third-order valence-corrected chi connectivity index (χ3v) is 3.79. The molecule has 0 aliphatic carbocycles. The minimum absolute atomic E-state index is 0.346. The van der Waals surface area contributed by atoms with Crippen LogP contribution in [0.2, 0.25) is 0 Å². The van der Waals surface area contributed by atoms with Crippen LogP contribution in [0.3, 0.4) is 0 Å². The largest absolute Gasteiger partial charge is 0.320 e. The molecule has 84 valence electrons. The molecule has 0 saturated heterocycles. The van der Waals surface area contributed by atoms with Crippen molar-refractivity contribution >= 4 is 11.3 Å². The van der Waals surface area contributed by atoms with Crippen LogP contribution in [0.5, 0.6) is 0 Å². The Morgan fingerprint density at radius 3 is 2.88 bits per heavy atom. The van der Waals surface area contributed by atoms with Gasteiger partial charge in [-0.1, -0.05) is 6.92 Å². The Balaban J connectivity index is 2.31.